The molecule has 0 saturated carbocycles. The van der Waals surface area contributed by atoms with Crippen LogP contribution in [-0.2, 0) is 16.6 Å². The molecule has 1 heterocycles. The highest BCUT2D eigenvalue weighted by Crippen LogP contribution is 2.30. The largest absolute Gasteiger partial charge is 0.303 e. The van der Waals surface area contributed by atoms with E-state index in [1.165, 1.54) is 11.1 Å². The minimum atomic E-state index is -0.189. The first-order chi connectivity index (χ1) is 9.14. The van der Waals surface area contributed by atoms with E-state index in [2.05, 4.69) is 43.1 Å². The average molecular weight is 253 g/mol. The Morgan fingerprint density at radius 1 is 1.21 bits per heavy atom. The number of carbonyl (C=O) groups excluding carboxylic acids is 1. The molecule has 0 spiro atoms. The molecule has 0 fully saturated rings. The van der Waals surface area contributed by atoms with E-state index in [0.29, 0.717) is 6.42 Å². The van der Waals surface area contributed by atoms with E-state index in [1.807, 2.05) is 18.3 Å². The molecule has 0 N–H and O–H groups in total. The van der Waals surface area contributed by atoms with Gasteiger partial charge in [-0.25, -0.2) is 0 Å². The van der Waals surface area contributed by atoms with Gasteiger partial charge >= 0.3 is 0 Å². The Balaban J connectivity index is 2.29. The molecule has 0 saturated heterocycles. The third-order valence-electron chi connectivity index (χ3n) is 3.61. The first-order valence-electron chi connectivity index (χ1n) is 6.54. The standard InChI is InChI=1S/C17H19NO/c1-14-5-7-15(8-6-14)12-17(2,9-11-19)16-4-3-10-18-13-16/h3-8,10-11,13H,9,12H2,1-2H3. The van der Waals surface area contributed by atoms with Crippen molar-refractivity contribution in [3.63, 3.8) is 0 Å². The van der Waals surface area contributed by atoms with Gasteiger partial charge in [0.1, 0.15) is 6.29 Å². The third kappa shape index (κ3) is 3.28. The van der Waals surface area contributed by atoms with Crippen molar-refractivity contribution in [3.05, 3.63) is 65.5 Å². The number of pyridine rings is 1. The number of carbonyl (C=O) groups is 1. The van der Waals surface area contributed by atoms with Gasteiger partial charge in [-0.3, -0.25) is 4.98 Å². The molecule has 1 aromatic carbocycles. The summed E-state index contributed by atoms with van der Waals surface area (Å²) in [5, 5.41) is 0. The summed E-state index contributed by atoms with van der Waals surface area (Å²) in [6.45, 7) is 4.20. The van der Waals surface area contributed by atoms with Crippen LogP contribution in [0.25, 0.3) is 0 Å². The van der Waals surface area contributed by atoms with Gasteiger partial charge in [0.25, 0.3) is 0 Å². The summed E-state index contributed by atoms with van der Waals surface area (Å²) in [5.74, 6) is 0. The highest BCUT2D eigenvalue weighted by molar-refractivity contribution is 5.53. The molecule has 19 heavy (non-hydrogen) atoms. The smallest absolute Gasteiger partial charge is 0.120 e. The Hall–Kier alpha value is -1.96. The maximum atomic E-state index is 11.0. The van der Waals surface area contributed by atoms with Gasteiger partial charge in [0.2, 0.25) is 0 Å². The van der Waals surface area contributed by atoms with E-state index >= 15 is 0 Å². The van der Waals surface area contributed by atoms with Gasteiger partial charge in [-0.2, -0.15) is 0 Å². The molecule has 98 valence electrons. The number of hydrogen-bond donors (Lipinski definition) is 0. The molecular weight excluding hydrogens is 234 g/mol. The van der Waals surface area contributed by atoms with Crippen molar-refractivity contribution < 1.29 is 4.79 Å². The fraction of sp³-hybridized carbons (Fsp3) is 0.294. The van der Waals surface area contributed by atoms with Crippen molar-refractivity contribution in [2.24, 2.45) is 0 Å². The van der Waals surface area contributed by atoms with Gasteiger partial charge in [0.15, 0.2) is 0 Å². The molecule has 0 aliphatic rings. The maximum absolute atomic E-state index is 11.0. The van der Waals surface area contributed by atoms with Crippen molar-refractivity contribution in [2.45, 2.75) is 32.1 Å². The zero-order valence-electron chi connectivity index (χ0n) is 11.5. The molecule has 1 aromatic heterocycles. The third-order valence-corrected chi connectivity index (χ3v) is 3.61. The first-order valence-corrected chi connectivity index (χ1v) is 6.54. The Kier molecular flexibility index (Phi) is 4.10. The van der Waals surface area contributed by atoms with E-state index in [0.717, 1.165) is 18.3 Å². The van der Waals surface area contributed by atoms with Crippen LogP contribution in [0, 0.1) is 6.92 Å². The van der Waals surface area contributed by atoms with Crippen molar-refractivity contribution in [2.75, 3.05) is 0 Å². The van der Waals surface area contributed by atoms with E-state index in [-0.39, 0.29) is 5.41 Å². The van der Waals surface area contributed by atoms with Gasteiger partial charge in [-0.15, -0.1) is 0 Å². The summed E-state index contributed by atoms with van der Waals surface area (Å²) in [6.07, 6.45) is 5.97. The quantitative estimate of drug-likeness (QED) is 0.764. The summed E-state index contributed by atoms with van der Waals surface area (Å²) >= 11 is 0. The van der Waals surface area contributed by atoms with Crippen LogP contribution in [-0.4, -0.2) is 11.3 Å². The molecule has 1 unspecified atom stereocenters. The monoisotopic (exact) mass is 253 g/mol. The Labute approximate surface area is 114 Å². The van der Waals surface area contributed by atoms with Crippen LogP contribution >= 0.6 is 0 Å². The molecule has 2 nitrogen and oxygen atoms in total. The van der Waals surface area contributed by atoms with Crippen molar-refractivity contribution in [1.82, 2.24) is 4.98 Å². The minimum absolute atomic E-state index is 0.189. The number of nitrogens with zero attached hydrogens (tertiary/aromatic N) is 1. The molecule has 0 bridgehead atoms. The van der Waals surface area contributed by atoms with Gasteiger partial charge in [-0.05, 0) is 30.5 Å². The zero-order chi connectivity index (χ0) is 13.7. The fourth-order valence-corrected chi connectivity index (χ4v) is 2.35. The molecular formula is C17H19NO. The summed E-state index contributed by atoms with van der Waals surface area (Å²) in [6, 6.07) is 12.5. The number of aryl methyl sites for hydroxylation is 1. The van der Waals surface area contributed by atoms with Crippen LogP contribution in [0.4, 0.5) is 0 Å². The number of benzene rings is 1. The normalized spacial score (nSPS) is 13.8. The van der Waals surface area contributed by atoms with Crippen LogP contribution in [0.5, 0.6) is 0 Å². The lowest BCUT2D eigenvalue weighted by molar-refractivity contribution is -0.108. The van der Waals surface area contributed by atoms with Crippen LogP contribution < -0.4 is 0 Å². The van der Waals surface area contributed by atoms with Crippen LogP contribution in [0.2, 0.25) is 0 Å². The average Bonchev–Trinajstić information content (AvgIpc) is 2.43. The number of aldehydes is 1. The topological polar surface area (TPSA) is 30.0 Å². The van der Waals surface area contributed by atoms with Crippen molar-refractivity contribution in [1.29, 1.82) is 0 Å². The van der Waals surface area contributed by atoms with Gasteiger partial charge in [0, 0.05) is 24.2 Å². The molecule has 0 amide bonds. The van der Waals surface area contributed by atoms with Crippen molar-refractivity contribution in [3.8, 4) is 0 Å². The van der Waals surface area contributed by atoms with Crippen LogP contribution in [0.1, 0.15) is 30.0 Å². The summed E-state index contributed by atoms with van der Waals surface area (Å²) in [5.41, 5.74) is 3.43. The predicted molar refractivity (Wildman–Crippen MR) is 77.2 cm³/mol. The molecule has 2 rings (SSSR count). The molecule has 2 aromatic rings. The second-order valence-corrected chi connectivity index (χ2v) is 5.34. The Bertz CT molecular complexity index is 533. The van der Waals surface area contributed by atoms with E-state index in [9.17, 15) is 4.79 Å². The lowest BCUT2D eigenvalue weighted by Gasteiger charge is -2.28. The highest BCUT2D eigenvalue weighted by Gasteiger charge is 2.26. The minimum Gasteiger partial charge on any atom is -0.303 e. The van der Waals surface area contributed by atoms with Crippen LogP contribution in [0.3, 0.4) is 0 Å². The first kappa shape index (κ1) is 13.5. The fourth-order valence-electron chi connectivity index (χ4n) is 2.35. The zero-order valence-corrected chi connectivity index (χ0v) is 11.5. The molecule has 0 radical (unpaired) electrons. The molecule has 0 aliphatic heterocycles. The number of aromatic nitrogens is 1. The molecule has 1 atom stereocenters. The van der Waals surface area contributed by atoms with E-state index in [1.54, 1.807) is 6.20 Å². The number of hydrogen-bond acceptors (Lipinski definition) is 2. The molecule has 2 heteroatoms. The van der Waals surface area contributed by atoms with Crippen LogP contribution in [0.15, 0.2) is 48.8 Å². The van der Waals surface area contributed by atoms with Gasteiger partial charge in [0.05, 0.1) is 0 Å². The highest BCUT2D eigenvalue weighted by atomic mass is 16.1. The molecule has 0 aliphatic carbocycles. The Morgan fingerprint density at radius 2 is 1.95 bits per heavy atom. The van der Waals surface area contributed by atoms with Gasteiger partial charge < -0.3 is 4.79 Å². The second kappa shape index (κ2) is 5.79. The summed E-state index contributed by atoms with van der Waals surface area (Å²) in [7, 11) is 0. The SMILES string of the molecule is Cc1ccc(CC(C)(CC=O)c2cccnc2)cc1. The number of rotatable bonds is 5. The lowest BCUT2D eigenvalue weighted by Crippen LogP contribution is -2.25. The van der Waals surface area contributed by atoms with E-state index in [4.69, 9.17) is 0 Å². The van der Waals surface area contributed by atoms with Gasteiger partial charge in [-0.1, -0.05) is 42.8 Å². The summed E-state index contributed by atoms with van der Waals surface area (Å²) in [4.78, 5) is 15.2. The Morgan fingerprint density at radius 3 is 2.53 bits per heavy atom. The second-order valence-electron chi connectivity index (χ2n) is 5.34. The van der Waals surface area contributed by atoms with E-state index < -0.39 is 0 Å². The maximum Gasteiger partial charge on any atom is 0.120 e. The summed E-state index contributed by atoms with van der Waals surface area (Å²) < 4.78 is 0. The van der Waals surface area contributed by atoms with Crippen molar-refractivity contribution >= 4 is 6.29 Å². The predicted octanol–water partition coefficient (Wildman–Crippen LogP) is 3.48. The lowest BCUT2D eigenvalue weighted by atomic mass is 9.76.